The number of ether oxygens (including phenoxy) is 1. The van der Waals surface area contributed by atoms with E-state index in [2.05, 4.69) is 36.6 Å². The van der Waals surface area contributed by atoms with Crippen molar-refractivity contribution >= 4 is 54.7 Å². The molecule has 0 spiro atoms. The van der Waals surface area contributed by atoms with Crippen LogP contribution in [-0.2, 0) is 14.3 Å². The Morgan fingerprint density at radius 1 is 1.12 bits per heavy atom. The SMILES string of the molecule is CO.COC(=O)CCCBr.O=C(Cl)CCCBr. The molecule has 0 aromatic carbocycles. The van der Waals surface area contributed by atoms with E-state index in [4.69, 9.17) is 16.7 Å². The number of hydrogen-bond acceptors (Lipinski definition) is 4. The summed E-state index contributed by atoms with van der Waals surface area (Å²) >= 11 is 11.4. The molecule has 0 radical (unpaired) electrons. The van der Waals surface area contributed by atoms with Gasteiger partial charge in [-0.15, -0.1) is 0 Å². The molecule has 0 saturated heterocycles. The number of carbonyl (C=O) groups excluding carboxylic acids is 2. The van der Waals surface area contributed by atoms with Gasteiger partial charge in [0.05, 0.1) is 7.11 Å². The fourth-order valence-corrected chi connectivity index (χ4v) is 1.21. The molecule has 0 rings (SSSR count). The maximum atomic E-state index is 10.3. The lowest BCUT2D eigenvalue weighted by atomic mass is 10.3. The molecule has 0 aromatic heterocycles. The average molecular weight is 399 g/mol. The number of alkyl halides is 2. The Labute approximate surface area is 124 Å². The molecule has 0 aliphatic carbocycles. The number of rotatable bonds is 6. The van der Waals surface area contributed by atoms with Crippen LogP contribution in [0.1, 0.15) is 25.7 Å². The van der Waals surface area contributed by atoms with Crippen molar-refractivity contribution in [2.75, 3.05) is 24.9 Å². The van der Waals surface area contributed by atoms with Crippen LogP contribution in [0.2, 0.25) is 0 Å². The van der Waals surface area contributed by atoms with Gasteiger partial charge in [0.2, 0.25) is 5.24 Å². The average Bonchev–Trinajstić information content (AvgIpc) is 2.36. The van der Waals surface area contributed by atoms with Crippen LogP contribution in [0.3, 0.4) is 0 Å². The zero-order valence-electron chi connectivity index (χ0n) is 10.0. The van der Waals surface area contributed by atoms with Crippen molar-refractivity contribution in [1.82, 2.24) is 0 Å². The summed E-state index contributed by atoms with van der Waals surface area (Å²) in [5.41, 5.74) is 0. The van der Waals surface area contributed by atoms with Crippen LogP contribution in [0.15, 0.2) is 0 Å². The van der Waals surface area contributed by atoms with Crippen molar-refractivity contribution in [3.8, 4) is 0 Å². The first kappa shape index (κ1) is 22.5. The van der Waals surface area contributed by atoms with E-state index in [9.17, 15) is 9.59 Å². The lowest BCUT2D eigenvalue weighted by molar-refractivity contribution is -0.140. The fraction of sp³-hybridized carbons (Fsp3) is 0.800. The lowest BCUT2D eigenvalue weighted by Crippen LogP contribution is -1.99. The molecular weight excluding hydrogens is 379 g/mol. The quantitative estimate of drug-likeness (QED) is 0.425. The highest BCUT2D eigenvalue weighted by atomic mass is 79.9. The van der Waals surface area contributed by atoms with E-state index in [1.165, 1.54) is 7.11 Å². The van der Waals surface area contributed by atoms with E-state index >= 15 is 0 Å². The highest BCUT2D eigenvalue weighted by Gasteiger charge is 1.95. The predicted octanol–water partition coefficient (Wildman–Crippen LogP) is 2.87. The number of aliphatic hydroxyl groups is 1. The number of methoxy groups -OCH3 is 1. The first-order valence-electron chi connectivity index (χ1n) is 4.90. The molecule has 0 bridgehead atoms. The van der Waals surface area contributed by atoms with Crippen LogP contribution in [-0.4, -0.2) is 41.2 Å². The second kappa shape index (κ2) is 21.6. The van der Waals surface area contributed by atoms with Crippen molar-refractivity contribution in [3.63, 3.8) is 0 Å². The summed E-state index contributed by atoms with van der Waals surface area (Å²) in [6, 6.07) is 0. The topological polar surface area (TPSA) is 63.6 Å². The molecule has 17 heavy (non-hydrogen) atoms. The highest BCUT2D eigenvalue weighted by Crippen LogP contribution is 1.96. The molecule has 0 heterocycles. The van der Waals surface area contributed by atoms with Gasteiger partial charge in [-0.2, -0.15) is 0 Å². The Kier molecular flexibility index (Phi) is 28.6. The molecular formula is C10H19Br2ClO4. The zero-order chi connectivity index (χ0) is 14.1. The van der Waals surface area contributed by atoms with Gasteiger partial charge < -0.3 is 9.84 Å². The summed E-state index contributed by atoms with van der Waals surface area (Å²) in [6.07, 6.45) is 2.68. The van der Waals surface area contributed by atoms with Gasteiger partial charge in [-0.3, -0.25) is 9.59 Å². The zero-order valence-corrected chi connectivity index (χ0v) is 14.0. The van der Waals surface area contributed by atoms with E-state index in [0.29, 0.717) is 12.8 Å². The Balaban J connectivity index is -0.000000202. The van der Waals surface area contributed by atoms with Crippen LogP contribution in [0, 0.1) is 0 Å². The van der Waals surface area contributed by atoms with E-state index in [0.717, 1.165) is 30.6 Å². The minimum absolute atomic E-state index is 0.135. The van der Waals surface area contributed by atoms with E-state index in [1.54, 1.807) is 0 Å². The van der Waals surface area contributed by atoms with Crippen molar-refractivity contribution in [3.05, 3.63) is 0 Å². The molecule has 7 heteroatoms. The lowest BCUT2D eigenvalue weighted by Gasteiger charge is -1.93. The number of carbonyl (C=O) groups is 2. The Hall–Kier alpha value is 0.350. The molecule has 104 valence electrons. The molecule has 0 amide bonds. The Bertz CT molecular complexity index is 180. The molecule has 0 atom stereocenters. The maximum absolute atomic E-state index is 10.3. The van der Waals surface area contributed by atoms with Crippen molar-refractivity contribution in [2.24, 2.45) is 0 Å². The number of esters is 1. The van der Waals surface area contributed by atoms with Gasteiger partial charge in [0.15, 0.2) is 0 Å². The van der Waals surface area contributed by atoms with Crippen LogP contribution in [0.25, 0.3) is 0 Å². The van der Waals surface area contributed by atoms with Crippen molar-refractivity contribution in [2.45, 2.75) is 25.7 Å². The smallest absolute Gasteiger partial charge is 0.305 e. The summed E-state index contributed by atoms with van der Waals surface area (Å²) < 4.78 is 4.39. The summed E-state index contributed by atoms with van der Waals surface area (Å²) in [5.74, 6) is -0.135. The molecule has 0 aliphatic rings. The highest BCUT2D eigenvalue weighted by molar-refractivity contribution is 9.09. The third-order valence-electron chi connectivity index (χ3n) is 1.25. The van der Waals surface area contributed by atoms with Gasteiger partial charge in [-0.1, -0.05) is 31.9 Å². The van der Waals surface area contributed by atoms with Crippen molar-refractivity contribution in [1.29, 1.82) is 0 Å². The van der Waals surface area contributed by atoms with Crippen molar-refractivity contribution < 1.29 is 19.4 Å². The third-order valence-corrected chi connectivity index (χ3v) is 2.56. The number of halogens is 3. The minimum atomic E-state index is -0.251. The van der Waals surface area contributed by atoms with E-state index in [1.807, 2.05) is 0 Å². The first-order valence-corrected chi connectivity index (χ1v) is 7.52. The van der Waals surface area contributed by atoms with Crippen LogP contribution in [0.4, 0.5) is 0 Å². The van der Waals surface area contributed by atoms with Gasteiger partial charge >= 0.3 is 5.97 Å². The fourth-order valence-electron chi connectivity index (χ4n) is 0.519. The van der Waals surface area contributed by atoms with Gasteiger partial charge in [0, 0.05) is 30.6 Å². The van der Waals surface area contributed by atoms with Gasteiger partial charge in [0.25, 0.3) is 0 Å². The monoisotopic (exact) mass is 396 g/mol. The molecule has 0 aromatic rings. The summed E-state index contributed by atoms with van der Waals surface area (Å²) in [6.45, 7) is 0. The normalized spacial score (nSPS) is 8.12. The van der Waals surface area contributed by atoms with Gasteiger partial charge in [-0.05, 0) is 24.4 Å². The second-order valence-electron chi connectivity index (χ2n) is 2.52. The first-order chi connectivity index (χ1) is 8.08. The molecule has 0 aliphatic heterocycles. The Morgan fingerprint density at radius 2 is 1.53 bits per heavy atom. The molecule has 1 N–H and O–H groups in total. The van der Waals surface area contributed by atoms with Crippen LogP contribution < -0.4 is 0 Å². The Morgan fingerprint density at radius 3 is 1.76 bits per heavy atom. The molecule has 4 nitrogen and oxygen atoms in total. The summed E-state index contributed by atoms with van der Waals surface area (Å²) in [4.78, 5) is 20.3. The second-order valence-corrected chi connectivity index (χ2v) is 4.52. The largest absolute Gasteiger partial charge is 0.469 e. The van der Waals surface area contributed by atoms with E-state index in [-0.39, 0.29) is 11.2 Å². The van der Waals surface area contributed by atoms with E-state index < -0.39 is 0 Å². The van der Waals surface area contributed by atoms with Gasteiger partial charge in [0.1, 0.15) is 0 Å². The predicted molar refractivity (Wildman–Crippen MR) is 77.1 cm³/mol. The number of aliphatic hydroxyl groups excluding tert-OH is 1. The molecule has 0 saturated carbocycles. The van der Waals surface area contributed by atoms with Crippen LogP contribution >= 0.6 is 43.5 Å². The minimum Gasteiger partial charge on any atom is -0.469 e. The third kappa shape index (κ3) is 31.4. The molecule has 0 unspecified atom stereocenters. The van der Waals surface area contributed by atoms with Crippen LogP contribution in [0.5, 0.6) is 0 Å². The number of hydrogen-bond donors (Lipinski definition) is 1. The van der Waals surface area contributed by atoms with Gasteiger partial charge in [-0.25, -0.2) is 0 Å². The maximum Gasteiger partial charge on any atom is 0.305 e. The molecule has 0 fully saturated rings. The summed E-state index contributed by atoms with van der Waals surface area (Å²) in [5, 5.41) is 8.47. The summed E-state index contributed by atoms with van der Waals surface area (Å²) in [7, 11) is 2.40. The standard InChI is InChI=1S/C5H9BrO2.C4H6BrClO.CH4O/c1-8-5(7)3-2-4-6;5-3-1-2-4(6)7;1-2/h2-4H2,1H3;1-3H2;2H,1H3.